The first-order valence-electron chi connectivity index (χ1n) is 6.21. The molecule has 0 fully saturated rings. The molecule has 0 unspecified atom stereocenters. The van der Waals surface area contributed by atoms with Crippen LogP contribution in [-0.4, -0.2) is 17.5 Å². The van der Waals surface area contributed by atoms with Gasteiger partial charge in [0.05, 0.1) is 4.88 Å². The molecule has 1 aromatic carbocycles. The van der Waals surface area contributed by atoms with E-state index in [0.29, 0.717) is 22.2 Å². The molecule has 0 spiro atoms. The van der Waals surface area contributed by atoms with E-state index in [4.69, 9.17) is 11.6 Å². The second kappa shape index (κ2) is 6.19. The predicted molar refractivity (Wildman–Crippen MR) is 83.2 cm³/mol. The summed E-state index contributed by atoms with van der Waals surface area (Å²) in [7, 11) is 0. The largest absolute Gasteiger partial charge is 0.431 e. The van der Waals surface area contributed by atoms with Crippen LogP contribution in [0.2, 0.25) is 5.02 Å². The second-order valence-electron chi connectivity index (χ2n) is 4.95. The number of rotatable bonds is 2. The Balaban J connectivity index is 2.67. The van der Waals surface area contributed by atoms with Crippen molar-refractivity contribution in [1.82, 2.24) is 0 Å². The van der Waals surface area contributed by atoms with Crippen LogP contribution in [0.3, 0.4) is 0 Å². The summed E-state index contributed by atoms with van der Waals surface area (Å²) in [5, 5.41) is 9.85. The number of aliphatic hydroxyl groups is 1. The lowest BCUT2D eigenvalue weighted by atomic mass is 10.0. The Morgan fingerprint density at radius 1 is 1.04 bits per heavy atom. The van der Waals surface area contributed by atoms with E-state index in [2.05, 4.69) is 15.9 Å². The van der Waals surface area contributed by atoms with Gasteiger partial charge in [0.25, 0.3) is 5.60 Å². The van der Waals surface area contributed by atoms with Gasteiger partial charge < -0.3 is 5.11 Å². The van der Waals surface area contributed by atoms with Gasteiger partial charge in [-0.05, 0) is 52.2 Å². The highest BCUT2D eigenvalue weighted by molar-refractivity contribution is 9.10. The van der Waals surface area contributed by atoms with Crippen LogP contribution in [0.5, 0.6) is 0 Å². The molecular weight excluding hydrogens is 446 g/mol. The van der Waals surface area contributed by atoms with E-state index in [0.717, 1.165) is 0 Å². The van der Waals surface area contributed by atoms with Crippen LogP contribution >= 0.6 is 38.9 Å². The average molecular weight is 454 g/mol. The lowest BCUT2D eigenvalue weighted by Crippen LogP contribution is -2.53. The summed E-state index contributed by atoms with van der Waals surface area (Å²) in [6, 6.07) is 5.12. The Kier molecular flexibility index (Phi) is 5.04. The summed E-state index contributed by atoms with van der Waals surface area (Å²) in [4.78, 5) is -1.13. The molecule has 24 heavy (non-hydrogen) atoms. The van der Waals surface area contributed by atoms with Gasteiger partial charge >= 0.3 is 12.4 Å². The standard InChI is InChI=1S/C14H8BrClF6OS/c1-6-4-7(16)2-3-8(6)11-9(15)5-10(24-11)12(23,13(17,18)19)14(20,21)22/h2-5,23H,1H3. The monoisotopic (exact) mass is 452 g/mol. The van der Waals surface area contributed by atoms with E-state index in [-0.39, 0.29) is 20.7 Å². The molecule has 10 heteroatoms. The molecule has 0 saturated carbocycles. The van der Waals surface area contributed by atoms with Gasteiger partial charge in [-0.2, -0.15) is 26.3 Å². The maximum Gasteiger partial charge on any atom is 0.431 e. The third kappa shape index (κ3) is 3.18. The van der Waals surface area contributed by atoms with Gasteiger partial charge in [-0.25, -0.2) is 0 Å². The van der Waals surface area contributed by atoms with E-state index >= 15 is 0 Å². The van der Waals surface area contributed by atoms with Gasteiger partial charge in [-0.15, -0.1) is 11.3 Å². The van der Waals surface area contributed by atoms with Gasteiger partial charge in [-0.3, -0.25) is 0 Å². The number of hydrogen-bond donors (Lipinski definition) is 1. The highest BCUT2D eigenvalue weighted by Crippen LogP contribution is 2.54. The molecule has 2 aromatic rings. The van der Waals surface area contributed by atoms with Crippen molar-refractivity contribution in [3.05, 3.63) is 44.2 Å². The Hall–Kier alpha value is -0.770. The minimum atomic E-state index is -5.91. The van der Waals surface area contributed by atoms with Gasteiger partial charge in [-0.1, -0.05) is 17.7 Å². The smallest absolute Gasteiger partial charge is 0.369 e. The molecule has 0 aliphatic carbocycles. The third-order valence-electron chi connectivity index (χ3n) is 3.30. The number of halogens is 8. The summed E-state index contributed by atoms with van der Waals surface area (Å²) in [6.07, 6.45) is -11.8. The van der Waals surface area contributed by atoms with Crippen molar-refractivity contribution in [2.75, 3.05) is 0 Å². The third-order valence-corrected chi connectivity index (χ3v) is 5.70. The number of alkyl halides is 6. The Labute approximate surface area is 150 Å². The lowest BCUT2D eigenvalue weighted by Gasteiger charge is -2.31. The second-order valence-corrected chi connectivity index (χ2v) is 7.30. The molecule has 0 aliphatic rings. The summed E-state index contributed by atoms with van der Waals surface area (Å²) >= 11 is 8.97. The van der Waals surface area contributed by atoms with Crippen molar-refractivity contribution in [2.24, 2.45) is 0 Å². The maximum absolute atomic E-state index is 13.0. The molecule has 0 amide bonds. The van der Waals surface area contributed by atoms with E-state index < -0.39 is 22.8 Å². The topological polar surface area (TPSA) is 20.2 Å². The quantitative estimate of drug-likeness (QED) is 0.518. The molecule has 0 atom stereocenters. The average Bonchev–Trinajstić information content (AvgIpc) is 2.77. The van der Waals surface area contributed by atoms with Crippen molar-refractivity contribution in [1.29, 1.82) is 0 Å². The van der Waals surface area contributed by atoms with Crippen molar-refractivity contribution in [2.45, 2.75) is 24.9 Å². The minimum absolute atomic E-state index is 0.0137. The van der Waals surface area contributed by atoms with E-state index in [1.807, 2.05) is 0 Å². The van der Waals surface area contributed by atoms with E-state index in [1.165, 1.54) is 18.2 Å². The molecule has 132 valence electrons. The lowest BCUT2D eigenvalue weighted by molar-refractivity contribution is -0.374. The SMILES string of the molecule is Cc1cc(Cl)ccc1-c1sc(C(O)(C(F)(F)F)C(F)(F)F)cc1Br. The van der Waals surface area contributed by atoms with Crippen molar-refractivity contribution < 1.29 is 31.4 Å². The van der Waals surface area contributed by atoms with Crippen LogP contribution in [0.1, 0.15) is 10.4 Å². The minimum Gasteiger partial charge on any atom is -0.369 e. The first-order valence-corrected chi connectivity index (χ1v) is 8.20. The normalized spacial score (nSPS) is 13.4. The zero-order chi connectivity index (χ0) is 18.5. The zero-order valence-electron chi connectivity index (χ0n) is 11.7. The molecule has 1 heterocycles. The van der Waals surface area contributed by atoms with Crippen LogP contribution in [0.15, 0.2) is 28.7 Å². The number of hydrogen-bond acceptors (Lipinski definition) is 2. The molecule has 0 saturated heterocycles. The number of benzene rings is 1. The summed E-state index contributed by atoms with van der Waals surface area (Å²) < 4.78 is 77.8. The van der Waals surface area contributed by atoms with Crippen molar-refractivity contribution in [3.8, 4) is 10.4 Å². The van der Waals surface area contributed by atoms with E-state index in [9.17, 15) is 31.4 Å². The van der Waals surface area contributed by atoms with Gasteiger partial charge in [0.15, 0.2) is 0 Å². The molecule has 1 N–H and O–H groups in total. The van der Waals surface area contributed by atoms with Gasteiger partial charge in [0.1, 0.15) is 0 Å². The molecule has 1 aromatic heterocycles. The maximum atomic E-state index is 13.0. The highest BCUT2D eigenvalue weighted by atomic mass is 79.9. The Morgan fingerprint density at radius 2 is 1.58 bits per heavy atom. The summed E-state index contributed by atoms with van der Waals surface area (Å²) in [5.41, 5.74) is -3.96. The molecule has 0 bridgehead atoms. The van der Waals surface area contributed by atoms with Crippen LogP contribution in [0.25, 0.3) is 10.4 Å². The molecule has 2 rings (SSSR count). The zero-order valence-corrected chi connectivity index (χ0v) is 14.8. The fourth-order valence-corrected chi connectivity index (χ4v) is 4.39. The van der Waals surface area contributed by atoms with Crippen molar-refractivity contribution in [3.63, 3.8) is 0 Å². The van der Waals surface area contributed by atoms with Gasteiger partial charge in [0.2, 0.25) is 0 Å². The number of aryl methyl sites for hydroxylation is 1. The Bertz CT molecular complexity index is 754. The molecule has 0 radical (unpaired) electrons. The molecule has 1 nitrogen and oxygen atoms in total. The molecule has 0 aliphatic heterocycles. The van der Waals surface area contributed by atoms with Crippen LogP contribution in [0.4, 0.5) is 26.3 Å². The van der Waals surface area contributed by atoms with Gasteiger partial charge in [0, 0.05) is 14.4 Å². The van der Waals surface area contributed by atoms with Crippen LogP contribution < -0.4 is 0 Å². The first kappa shape index (κ1) is 19.6. The van der Waals surface area contributed by atoms with Crippen LogP contribution in [0, 0.1) is 6.92 Å². The molecular formula is C14H8BrClF6OS. The van der Waals surface area contributed by atoms with Crippen molar-refractivity contribution >= 4 is 38.9 Å². The fourth-order valence-electron chi connectivity index (χ4n) is 2.05. The predicted octanol–water partition coefficient (Wildman–Crippen LogP) is 6.45. The summed E-state index contributed by atoms with van der Waals surface area (Å²) in [6.45, 7) is 1.62. The van der Waals surface area contributed by atoms with E-state index in [1.54, 1.807) is 6.92 Å². The van der Waals surface area contributed by atoms with Crippen LogP contribution in [-0.2, 0) is 5.60 Å². The fraction of sp³-hybridized carbons (Fsp3) is 0.286. The highest BCUT2D eigenvalue weighted by Gasteiger charge is 2.72. The Morgan fingerprint density at radius 3 is 2.04 bits per heavy atom. The summed E-state index contributed by atoms with van der Waals surface area (Å²) in [5.74, 6) is 0. The number of thiophene rings is 1. The first-order chi connectivity index (χ1) is 10.8.